The van der Waals surface area contributed by atoms with Gasteiger partial charge >= 0.3 is 6.01 Å². The predicted octanol–water partition coefficient (Wildman–Crippen LogP) is 5.09. The van der Waals surface area contributed by atoms with Gasteiger partial charge in [0.1, 0.15) is 5.69 Å². The lowest BCUT2D eigenvalue weighted by atomic mass is 10.0. The van der Waals surface area contributed by atoms with E-state index in [0.29, 0.717) is 22.8 Å². The number of fused-ring (bicyclic) bond motifs is 1. The highest BCUT2D eigenvalue weighted by molar-refractivity contribution is 5.99. The third kappa shape index (κ3) is 4.49. The highest BCUT2D eigenvalue weighted by Gasteiger charge is 2.19. The van der Waals surface area contributed by atoms with Crippen LogP contribution in [0.1, 0.15) is 5.69 Å². The van der Waals surface area contributed by atoms with Gasteiger partial charge in [-0.1, -0.05) is 18.7 Å². The van der Waals surface area contributed by atoms with Crippen molar-refractivity contribution in [2.45, 2.75) is 6.92 Å². The van der Waals surface area contributed by atoms with Crippen molar-refractivity contribution >= 4 is 17.2 Å². The smallest absolute Gasteiger partial charge is 0.322 e. The van der Waals surface area contributed by atoms with Crippen LogP contribution in [-0.4, -0.2) is 37.6 Å². The maximum atomic E-state index is 11.6. The van der Waals surface area contributed by atoms with Crippen LogP contribution in [-0.2, 0) is 4.79 Å². The van der Waals surface area contributed by atoms with Gasteiger partial charge in [-0.25, -0.2) is 19.5 Å². The zero-order valence-electron chi connectivity index (χ0n) is 19.7. The Morgan fingerprint density at radius 2 is 1.81 bits per heavy atom. The SMILES string of the molecule is C=CC(=O)Nc1ccc(-c2nc3cccnn3c2-c2ccc(Oc3nccc(C)n3)c(OC)c2)cc1. The number of carbonyl (C=O) groups excluding carboxylic acids is 1. The van der Waals surface area contributed by atoms with Crippen molar-refractivity contribution in [3.63, 3.8) is 0 Å². The van der Waals surface area contributed by atoms with Gasteiger partial charge in [0.15, 0.2) is 17.1 Å². The number of ether oxygens (including phenoxy) is 2. The number of hydrogen-bond donors (Lipinski definition) is 1. The van der Waals surface area contributed by atoms with E-state index in [4.69, 9.17) is 14.5 Å². The second-order valence-electron chi connectivity index (χ2n) is 7.82. The number of hydrogen-bond acceptors (Lipinski definition) is 7. The third-order valence-corrected chi connectivity index (χ3v) is 5.42. The van der Waals surface area contributed by atoms with Crippen LogP contribution in [0.4, 0.5) is 5.69 Å². The van der Waals surface area contributed by atoms with Crippen molar-refractivity contribution in [1.82, 2.24) is 24.6 Å². The van der Waals surface area contributed by atoms with E-state index in [0.717, 1.165) is 28.2 Å². The van der Waals surface area contributed by atoms with Gasteiger partial charge in [-0.05, 0) is 61.5 Å². The summed E-state index contributed by atoms with van der Waals surface area (Å²) in [4.78, 5) is 24.9. The Hall–Kier alpha value is -5.05. The van der Waals surface area contributed by atoms with E-state index in [2.05, 4.69) is 27.0 Å². The molecule has 0 saturated heterocycles. The number of aromatic nitrogens is 5. The van der Waals surface area contributed by atoms with Crippen LogP contribution in [0.25, 0.3) is 28.2 Å². The van der Waals surface area contributed by atoms with Crippen LogP contribution in [0.5, 0.6) is 17.5 Å². The summed E-state index contributed by atoms with van der Waals surface area (Å²) < 4.78 is 13.3. The van der Waals surface area contributed by atoms with Crippen molar-refractivity contribution in [2.75, 3.05) is 12.4 Å². The van der Waals surface area contributed by atoms with Gasteiger partial charge in [-0.15, -0.1) is 0 Å². The lowest BCUT2D eigenvalue weighted by molar-refractivity contribution is -0.111. The number of benzene rings is 2. The lowest BCUT2D eigenvalue weighted by Crippen LogP contribution is -2.06. The molecule has 0 aliphatic carbocycles. The standard InChI is InChI=1S/C27H22N6O3/c1-4-24(34)31-20-10-7-18(8-11-20)25-26(33-23(32-25)6-5-14-29-33)19-9-12-21(22(16-19)35-3)36-27-28-15-13-17(2)30-27/h4-16H,1H2,2-3H3,(H,31,34). The fourth-order valence-electron chi connectivity index (χ4n) is 3.73. The van der Waals surface area contributed by atoms with Crippen molar-refractivity contribution < 1.29 is 14.3 Å². The molecule has 9 heteroatoms. The molecule has 0 spiro atoms. The molecule has 36 heavy (non-hydrogen) atoms. The number of amides is 1. The molecule has 0 fully saturated rings. The summed E-state index contributed by atoms with van der Waals surface area (Å²) in [7, 11) is 1.58. The molecule has 0 aliphatic heterocycles. The van der Waals surface area contributed by atoms with Crippen LogP contribution in [0.15, 0.2) is 85.7 Å². The highest BCUT2D eigenvalue weighted by Crippen LogP contribution is 2.38. The largest absolute Gasteiger partial charge is 0.493 e. The van der Waals surface area contributed by atoms with Gasteiger partial charge in [0, 0.05) is 34.9 Å². The first-order valence-electron chi connectivity index (χ1n) is 11.1. The van der Waals surface area contributed by atoms with Crippen molar-refractivity contribution in [3.8, 4) is 40.0 Å². The Kier molecular flexibility index (Phi) is 6.10. The molecule has 178 valence electrons. The van der Waals surface area contributed by atoms with Gasteiger partial charge in [0.05, 0.1) is 12.8 Å². The number of carbonyl (C=O) groups is 1. The summed E-state index contributed by atoms with van der Waals surface area (Å²) in [6.07, 6.45) is 4.58. The van der Waals surface area contributed by atoms with E-state index in [-0.39, 0.29) is 11.9 Å². The zero-order chi connectivity index (χ0) is 25.1. The summed E-state index contributed by atoms with van der Waals surface area (Å²) in [6.45, 7) is 5.35. The number of imidazole rings is 1. The number of aryl methyl sites for hydroxylation is 1. The Morgan fingerprint density at radius 1 is 1.00 bits per heavy atom. The molecule has 0 radical (unpaired) electrons. The normalized spacial score (nSPS) is 10.7. The quantitative estimate of drug-likeness (QED) is 0.325. The molecule has 0 bridgehead atoms. The molecular weight excluding hydrogens is 456 g/mol. The topological polar surface area (TPSA) is 104 Å². The van der Waals surface area contributed by atoms with E-state index in [9.17, 15) is 4.79 Å². The summed E-state index contributed by atoms with van der Waals surface area (Å²) in [6, 6.07) is 18.8. The van der Waals surface area contributed by atoms with Crippen molar-refractivity contribution in [3.05, 3.63) is 91.4 Å². The minimum absolute atomic E-state index is 0.238. The summed E-state index contributed by atoms with van der Waals surface area (Å²) in [5, 5.41) is 7.27. The molecule has 3 heterocycles. The average Bonchev–Trinajstić information content (AvgIpc) is 3.29. The van der Waals surface area contributed by atoms with Gasteiger partial charge in [-0.3, -0.25) is 4.79 Å². The minimum atomic E-state index is -0.272. The monoisotopic (exact) mass is 478 g/mol. The fourth-order valence-corrected chi connectivity index (χ4v) is 3.73. The van der Waals surface area contributed by atoms with Gasteiger partial charge in [-0.2, -0.15) is 5.10 Å². The maximum Gasteiger partial charge on any atom is 0.322 e. The van der Waals surface area contributed by atoms with Crippen LogP contribution in [0, 0.1) is 6.92 Å². The number of methoxy groups -OCH3 is 1. The average molecular weight is 479 g/mol. The molecule has 9 nitrogen and oxygen atoms in total. The maximum absolute atomic E-state index is 11.6. The summed E-state index contributed by atoms with van der Waals surface area (Å²) >= 11 is 0. The number of rotatable bonds is 7. The first kappa shape index (κ1) is 22.7. The second kappa shape index (κ2) is 9.67. The molecule has 1 N–H and O–H groups in total. The molecule has 0 aliphatic rings. The van der Waals surface area contributed by atoms with Gasteiger partial charge < -0.3 is 14.8 Å². The van der Waals surface area contributed by atoms with E-state index < -0.39 is 0 Å². The molecule has 0 atom stereocenters. The highest BCUT2D eigenvalue weighted by atomic mass is 16.5. The second-order valence-corrected chi connectivity index (χ2v) is 7.82. The number of nitrogens with one attached hydrogen (secondary N) is 1. The Bertz CT molecular complexity index is 1580. The lowest BCUT2D eigenvalue weighted by Gasteiger charge is -2.12. The van der Waals surface area contributed by atoms with Crippen molar-refractivity contribution in [2.24, 2.45) is 0 Å². The Balaban J connectivity index is 1.57. The molecule has 0 saturated carbocycles. The Labute approximate surface area is 207 Å². The van der Waals surface area contributed by atoms with Gasteiger partial charge in [0.25, 0.3) is 0 Å². The molecular formula is C27H22N6O3. The molecule has 2 aromatic carbocycles. The minimum Gasteiger partial charge on any atom is -0.493 e. The third-order valence-electron chi connectivity index (χ3n) is 5.42. The summed E-state index contributed by atoms with van der Waals surface area (Å²) in [5.74, 6) is 0.722. The first-order valence-corrected chi connectivity index (χ1v) is 11.1. The van der Waals surface area contributed by atoms with E-state index in [1.54, 1.807) is 36.2 Å². The molecule has 5 rings (SSSR count). The molecule has 1 amide bonds. The van der Waals surface area contributed by atoms with E-state index >= 15 is 0 Å². The number of nitrogens with zero attached hydrogens (tertiary/aromatic N) is 5. The number of anilines is 1. The first-order chi connectivity index (χ1) is 17.6. The Morgan fingerprint density at radius 3 is 2.56 bits per heavy atom. The summed E-state index contributed by atoms with van der Waals surface area (Å²) in [5.41, 5.74) is 5.35. The van der Waals surface area contributed by atoms with Gasteiger partial charge in [0.2, 0.25) is 5.91 Å². The molecule has 3 aromatic heterocycles. The fraction of sp³-hybridized carbons (Fsp3) is 0.0741. The van der Waals surface area contributed by atoms with E-state index in [1.165, 1.54) is 6.08 Å². The van der Waals surface area contributed by atoms with Crippen molar-refractivity contribution in [1.29, 1.82) is 0 Å². The van der Waals surface area contributed by atoms with Crippen LogP contribution >= 0.6 is 0 Å². The van der Waals surface area contributed by atoms with Crippen LogP contribution in [0.2, 0.25) is 0 Å². The van der Waals surface area contributed by atoms with Crippen LogP contribution in [0.3, 0.4) is 0 Å². The molecule has 5 aromatic rings. The van der Waals surface area contributed by atoms with E-state index in [1.807, 2.05) is 55.5 Å². The molecule has 0 unspecified atom stereocenters. The predicted molar refractivity (Wildman–Crippen MR) is 136 cm³/mol. The van der Waals surface area contributed by atoms with Crippen LogP contribution < -0.4 is 14.8 Å². The zero-order valence-corrected chi connectivity index (χ0v) is 19.7.